The zero-order valence-corrected chi connectivity index (χ0v) is 20.3. The number of hydrogen-bond donors (Lipinski definition) is 1. The second-order valence-electron chi connectivity index (χ2n) is 7.77. The van der Waals surface area contributed by atoms with E-state index in [4.69, 9.17) is 43.0 Å². The van der Waals surface area contributed by atoms with Crippen molar-refractivity contribution in [2.24, 2.45) is 0 Å². The first-order valence-electron chi connectivity index (χ1n) is 11.3. The van der Waals surface area contributed by atoms with E-state index in [2.05, 4.69) is 0 Å². The summed E-state index contributed by atoms with van der Waals surface area (Å²) in [5, 5.41) is 8.45. The monoisotopic (exact) mass is 482 g/mol. The smallest absolute Gasteiger partial charge is 0.308 e. The second-order valence-corrected chi connectivity index (χ2v) is 7.77. The van der Waals surface area contributed by atoms with Gasteiger partial charge < -0.3 is 43.0 Å². The molecule has 0 spiro atoms. The first kappa shape index (κ1) is 31.7. The topological polar surface area (TPSA) is 128 Å². The number of rotatable bonds is 24. The van der Waals surface area contributed by atoms with Crippen LogP contribution in [0.2, 0.25) is 0 Å². The van der Waals surface area contributed by atoms with Crippen molar-refractivity contribution >= 4 is 11.9 Å². The van der Waals surface area contributed by atoms with E-state index >= 15 is 0 Å². The minimum Gasteiger partial charge on any atom is -0.481 e. The van der Waals surface area contributed by atoms with Gasteiger partial charge in [0, 0.05) is 0 Å². The Bertz CT molecular complexity index is 466. The summed E-state index contributed by atoms with van der Waals surface area (Å²) in [6.07, 6.45) is 0.226. The summed E-state index contributed by atoms with van der Waals surface area (Å²) in [6, 6.07) is 0. The molecule has 0 rings (SSSR count). The Morgan fingerprint density at radius 2 is 0.788 bits per heavy atom. The molecule has 0 saturated carbocycles. The van der Waals surface area contributed by atoms with Gasteiger partial charge in [-0.15, -0.1) is 0 Å². The van der Waals surface area contributed by atoms with Gasteiger partial charge in [-0.2, -0.15) is 0 Å². The van der Waals surface area contributed by atoms with Crippen LogP contribution < -0.4 is 0 Å². The van der Waals surface area contributed by atoms with Crippen LogP contribution in [0.1, 0.15) is 33.6 Å². The van der Waals surface area contributed by atoms with Crippen molar-refractivity contribution < 1.29 is 52.6 Å². The maximum absolute atomic E-state index is 11.5. The van der Waals surface area contributed by atoms with Crippen molar-refractivity contribution in [2.75, 3.05) is 92.5 Å². The molecule has 1 N–H and O–H groups in total. The molecule has 0 heterocycles. The molecule has 0 amide bonds. The zero-order valence-electron chi connectivity index (χ0n) is 20.3. The molecule has 0 bridgehead atoms. The minimum atomic E-state index is -0.876. The number of carboxylic acid groups (broad SMARTS) is 1. The molecule has 11 nitrogen and oxygen atoms in total. The number of esters is 1. The van der Waals surface area contributed by atoms with Crippen LogP contribution in [-0.4, -0.2) is 115 Å². The highest BCUT2D eigenvalue weighted by Gasteiger charge is 2.15. The lowest BCUT2D eigenvalue weighted by molar-refractivity contribution is -0.156. The molecule has 0 aromatic carbocycles. The molecule has 11 heteroatoms. The first-order chi connectivity index (χ1) is 15.8. The Balaban J connectivity index is 3.12. The predicted molar refractivity (Wildman–Crippen MR) is 118 cm³/mol. The summed E-state index contributed by atoms with van der Waals surface area (Å²) in [5.41, 5.74) is -0.473. The van der Waals surface area contributed by atoms with Gasteiger partial charge in [0.2, 0.25) is 0 Å². The van der Waals surface area contributed by atoms with Gasteiger partial charge in [0.05, 0.1) is 105 Å². The van der Waals surface area contributed by atoms with Gasteiger partial charge >= 0.3 is 11.9 Å². The molecule has 0 saturated heterocycles. The quantitative estimate of drug-likeness (QED) is 0.158. The third-order valence-electron chi connectivity index (χ3n) is 3.56. The molecular formula is C22H42O11. The van der Waals surface area contributed by atoms with Crippen molar-refractivity contribution in [1.82, 2.24) is 0 Å². The third kappa shape index (κ3) is 28.6. The van der Waals surface area contributed by atoms with Crippen molar-refractivity contribution in [3.63, 3.8) is 0 Å². The Kier molecular flexibility index (Phi) is 21.5. The van der Waals surface area contributed by atoms with Crippen LogP contribution in [0.25, 0.3) is 0 Å². The maximum Gasteiger partial charge on any atom is 0.308 e. The number of ether oxygens (including phenoxy) is 8. The zero-order chi connectivity index (χ0) is 24.6. The highest BCUT2D eigenvalue weighted by molar-refractivity contribution is 5.69. The lowest BCUT2D eigenvalue weighted by atomic mass is 10.2. The van der Waals surface area contributed by atoms with Crippen LogP contribution in [-0.2, 0) is 47.5 Å². The second kappa shape index (κ2) is 22.5. The van der Waals surface area contributed by atoms with Gasteiger partial charge in [0.15, 0.2) is 0 Å². The molecule has 0 atom stereocenters. The Morgan fingerprint density at radius 1 is 0.515 bits per heavy atom. The number of hydrogen-bond acceptors (Lipinski definition) is 10. The summed E-state index contributed by atoms with van der Waals surface area (Å²) < 4.78 is 42.4. The Morgan fingerprint density at radius 3 is 1.06 bits per heavy atom. The van der Waals surface area contributed by atoms with Crippen molar-refractivity contribution in [3.05, 3.63) is 0 Å². The van der Waals surface area contributed by atoms with Gasteiger partial charge in [-0.05, 0) is 20.8 Å². The molecule has 0 aliphatic carbocycles. The Hall–Kier alpha value is -1.34. The molecule has 0 aromatic heterocycles. The molecule has 196 valence electrons. The largest absolute Gasteiger partial charge is 0.481 e. The maximum atomic E-state index is 11.5. The molecule has 0 radical (unpaired) electrons. The van der Waals surface area contributed by atoms with E-state index < -0.39 is 11.6 Å². The lowest BCUT2D eigenvalue weighted by Crippen LogP contribution is -2.24. The molecule has 0 aromatic rings. The fourth-order valence-corrected chi connectivity index (χ4v) is 2.13. The van der Waals surface area contributed by atoms with E-state index in [1.54, 1.807) is 0 Å². The van der Waals surface area contributed by atoms with Crippen molar-refractivity contribution in [1.29, 1.82) is 0 Å². The average Bonchev–Trinajstić information content (AvgIpc) is 2.72. The molecule has 0 fully saturated rings. The standard InChI is InChI=1S/C22H42O11/c1-22(2,3)33-21(25)5-7-27-9-11-29-13-15-31-17-19-32-18-16-30-14-12-28-10-8-26-6-4-20(23)24/h4-19H2,1-3H3,(H,23,24). The van der Waals surface area contributed by atoms with Crippen LogP contribution in [0.3, 0.4) is 0 Å². The summed E-state index contributed by atoms with van der Waals surface area (Å²) in [5.74, 6) is -1.15. The van der Waals surface area contributed by atoms with E-state index in [9.17, 15) is 9.59 Å². The van der Waals surface area contributed by atoms with E-state index in [1.807, 2.05) is 20.8 Å². The summed E-state index contributed by atoms with van der Waals surface area (Å²) in [6.45, 7) is 11.3. The fraction of sp³-hybridized carbons (Fsp3) is 0.909. The first-order valence-corrected chi connectivity index (χ1v) is 11.3. The van der Waals surface area contributed by atoms with Gasteiger partial charge in [0.1, 0.15) is 5.60 Å². The fourth-order valence-electron chi connectivity index (χ4n) is 2.13. The average molecular weight is 483 g/mol. The molecule has 0 aliphatic rings. The summed E-state index contributed by atoms with van der Waals surface area (Å²) >= 11 is 0. The number of carbonyl (C=O) groups excluding carboxylic acids is 1. The van der Waals surface area contributed by atoms with Gasteiger partial charge in [-0.1, -0.05) is 0 Å². The number of carbonyl (C=O) groups is 2. The lowest BCUT2D eigenvalue weighted by Gasteiger charge is -2.19. The van der Waals surface area contributed by atoms with Crippen LogP contribution >= 0.6 is 0 Å². The van der Waals surface area contributed by atoms with Crippen LogP contribution in [0.5, 0.6) is 0 Å². The van der Waals surface area contributed by atoms with E-state index in [-0.39, 0.29) is 25.4 Å². The minimum absolute atomic E-state index is 0.00271. The van der Waals surface area contributed by atoms with Crippen molar-refractivity contribution in [2.45, 2.75) is 39.2 Å². The molecule has 0 unspecified atom stereocenters. The van der Waals surface area contributed by atoms with E-state index in [0.29, 0.717) is 85.9 Å². The summed E-state index contributed by atoms with van der Waals surface area (Å²) in [7, 11) is 0. The van der Waals surface area contributed by atoms with Gasteiger partial charge in [0.25, 0.3) is 0 Å². The van der Waals surface area contributed by atoms with Crippen LogP contribution in [0.4, 0.5) is 0 Å². The predicted octanol–water partition coefficient (Wildman–Crippen LogP) is 1.31. The molecular weight excluding hydrogens is 440 g/mol. The normalized spacial score (nSPS) is 11.6. The number of aliphatic carboxylic acids is 1. The highest BCUT2D eigenvalue weighted by atomic mass is 16.6. The Labute approximate surface area is 196 Å². The molecule has 33 heavy (non-hydrogen) atoms. The van der Waals surface area contributed by atoms with E-state index in [1.165, 1.54) is 0 Å². The van der Waals surface area contributed by atoms with E-state index in [0.717, 1.165) is 0 Å². The van der Waals surface area contributed by atoms with Crippen molar-refractivity contribution in [3.8, 4) is 0 Å². The summed E-state index contributed by atoms with van der Waals surface area (Å²) in [4.78, 5) is 21.8. The number of carboxylic acids is 1. The molecule has 0 aliphatic heterocycles. The van der Waals surface area contributed by atoms with Gasteiger partial charge in [-0.25, -0.2) is 0 Å². The van der Waals surface area contributed by atoms with Crippen LogP contribution in [0, 0.1) is 0 Å². The third-order valence-corrected chi connectivity index (χ3v) is 3.56. The SMILES string of the molecule is CC(C)(C)OC(=O)CCOCCOCCOCCOCCOCCOCCOCCC(=O)O. The van der Waals surface area contributed by atoms with Gasteiger partial charge in [-0.3, -0.25) is 9.59 Å². The highest BCUT2D eigenvalue weighted by Crippen LogP contribution is 2.07. The van der Waals surface area contributed by atoms with Crippen LogP contribution in [0.15, 0.2) is 0 Å².